The summed E-state index contributed by atoms with van der Waals surface area (Å²) < 4.78 is 37.7. The molecule has 0 unspecified atom stereocenters. The molecule has 0 aromatic heterocycles. The van der Waals surface area contributed by atoms with E-state index in [1.807, 2.05) is 53.9 Å². The summed E-state index contributed by atoms with van der Waals surface area (Å²) in [7, 11) is -3.75. The number of ether oxygens (including phenoxy) is 1. The lowest BCUT2D eigenvalue weighted by Crippen LogP contribution is -2.62. The van der Waals surface area contributed by atoms with E-state index in [1.54, 1.807) is 0 Å². The van der Waals surface area contributed by atoms with Crippen molar-refractivity contribution in [2.24, 2.45) is 34.5 Å². The highest BCUT2D eigenvalue weighted by molar-refractivity contribution is 7.48. The van der Waals surface area contributed by atoms with Gasteiger partial charge in [0.2, 0.25) is 0 Å². The van der Waals surface area contributed by atoms with Gasteiger partial charge in [-0.25, -0.2) is 4.57 Å². The number of rotatable bonds is 5. The molecule has 7 heteroatoms. The molecular formula is C33H53O6P. The minimum absolute atomic E-state index is 0.141. The molecule has 5 rings (SSSR count). The Morgan fingerprint density at radius 1 is 0.925 bits per heavy atom. The van der Waals surface area contributed by atoms with E-state index in [-0.39, 0.29) is 16.9 Å². The molecule has 8 atom stereocenters. The first-order valence-electron chi connectivity index (χ1n) is 15.5. The molecule has 0 radical (unpaired) electrons. The molecule has 0 aromatic rings. The van der Waals surface area contributed by atoms with Gasteiger partial charge in [-0.2, -0.15) is 0 Å². The summed E-state index contributed by atoms with van der Waals surface area (Å²) in [6, 6.07) is 0. The van der Waals surface area contributed by atoms with E-state index in [0.29, 0.717) is 29.4 Å². The Balaban J connectivity index is 1.32. The Morgan fingerprint density at radius 2 is 1.60 bits per heavy atom. The topological polar surface area (TPSA) is 74.2 Å². The molecule has 0 bridgehead atoms. The number of hydrogen-bond donors (Lipinski definition) is 1. The highest BCUT2D eigenvalue weighted by atomic mass is 31.2. The lowest BCUT2D eigenvalue weighted by molar-refractivity contribution is -0.207. The van der Waals surface area contributed by atoms with Crippen molar-refractivity contribution in [3.8, 4) is 0 Å². The van der Waals surface area contributed by atoms with Gasteiger partial charge in [0, 0.05) is 5.41 Å². The Bertz CT molecular complexity index is 1090. The summed E-state index contributed by atoms with van der Waals surface area (Å²) in [5, 5.41) is 12.5. The van der Waals surface area contributed by atoms with Crippen molar-refractivity contribution in [2.75, 3.05) is 0 Å². The first-order valence-corrected chi connectivity index (χ1v) is 17.0. The van der Waals surface area contributed by atoms with E-state index in [2.05, 4.69) is 26.5 Å². The van der Waals surface area contributed by atoms with Crippen molar-refractivity contribution >= 4 is 7.82 Å². The zero-order valence-electron chi connectivity index (χ0n) is 26.1. The minimum Gasteiger partial charge on any atom is -0.465 e. The maximum atomic E-state index is 13.8. The van der Waals surface area contributed by atoms with E-state index in [9.17, 15) is 9.67 Å². The molecule has 4 saturated carbocycles. The molecule has 1 heterocycles. The van der Waals surface area contributed by atoms with Crippen LogP contribution in [0.15, 0.2) is 36.3 Å². The van der Waals surface area contributed by atoms with Crippen molar-refractivity contribution in [2.45, 2.75) is 136 Å². The number of fused-ring (bicyclic) bond motifs is 5. The smallest absolute Gasteiger partial charge is 0.465 e. The average Bonchev–Trinajstić information content (AvgIpc) is 3.08. The molecule has 1 N–H and O–H groups in total. The molecule has 4 aliphatic carbocycles. The Labute approximate surface area is 242 Å². The van der Waals surface area contributed by atoms with E-state index >= 15 is 0 Å². The number of aliphatic hydroxyl groups is 1. The Morgan fingerprint density at radius 3 is 2.20 bits per heavy atom. The highest BCUT2D eigenvalue weighted by Gasteiger charge is 2.67. The molecule has 1 aliphatic heterocycles. The molecule has 0 saturated heterocycles. The van der Waals surface area contributed by atoms with E-state index in [0.717, 1.165) is 57.8 Å². The molecule has 0 amide bonds. The monoisotopic (exact) mass is 576 g/mol. The average molecular weight is 577 g/mol. The normalized spacial score (nSPS) is 42.0. The van der Waals surface area contributed by atoms with Gasteiger partial charge in [0.1, 0.15) is 5.76 Å². The van der Waals surface area contributed by atoms with Gasteiger partial charge in [-0.1, -0.05) is 26.5 Å². The maximum absolute atomic E-state index is 13.8. The lowest BCUT2D eigenvalue weighted by atomic mass is 9.43. The largest absolute Gasteiger partial charge is 0.476 e. The van der Waals surface area contributed by atoms with Crippen molar-refractivity contribution in [3.63, 3.8) is 0 Å². The summed E-state index contributed by atoms with van der Waals surface area (Å²) in [5.74, 6) is 2.23. The van der Waals surface area contributed by atoms with Crippen LogP contribution in [0.25, 0.3) is 0 Å². The molecule has 6 nitrogen and oxygen atoms in total. The van der Waals surface area contributed by atoms with Crippen LogP contribution in [0.4, 0.5) is 0 Å². The molecule has 226 valence electrons. The Hall–Kier alpha value is -0.910. The van der Waals surface area contributed by atoms with Gasteiger partial charge in [-0.3, -0.25) is 13.6 Å². The fraction of sp³-hybridized carbons (Fsp3) is 0.818. The second kappa shape index (κ2) is 10.1. The third kappa shape index (κ3) is 5.46. The fourth-order valence-electron chi connectivity index (χ4n) is 9.34. The van der Waals surface area contributed by atoms with Gasteiger partial charge >= 0.3 is 7.82 Å². The number of hydrogen-bond acceptors (Lipinski definition) is 6. The first kappa shape index (κ1) is 30.5. The Kier molecular flexibility index (Phi) is 7.70. The summed E-state index contributed by atoms with van der Waals surface area (Å²) >= 11 is 0. The fourth-order valence-corrected chi connectivity index (χ4v) is 11.4. The van der Waals surface area contributed by atoms with Crippen LogP contribution in [-0.2, 0) is 22.9 Å². The summed E-state index contributed by atoms with van der Waals surface area (Å²) in [6.45, 7) is 20.0. The van der Waals surface area contributed by atoms with Crippen molar-refractivity contribution in [1.82, 2.24) is 0 Å². The highest BCUT2D eigenvalue weighted by Crippen LogP contribution is 2.70. The second-order valence-electron chi connectivity index (χ2n) is 15.9. The van der Waals surface area contributed by atoms with E-state index < -0.39 is 24.6 Å². The van der Waals surface area contributed by atoms with Crippen LogP contribution >= 0.6 is 7.82 Å². The first-order chi connectivity index (χ1) is 18.4. The van der Waals surface area contributed by atoms with E-state index in [4.69, 9.17) is 18.3 Å². The predicted octanol–water partition coefficient (Wildman–Crippen LogP) is 8.87. The lowest BCUT2D eigenvalue weighted by Gasteiger charge is -2.63. The van der Waals surface area contributed by atoms with Gasteiger partial charge in [0.15, 0.2) is 0 Å². The summed E-state index contributed by atoms with van der Waals surface area (Å²) in [6.07, 6.45) is 14.6. The molecular weight excluding hydrogens is 523 g/mol. The van der Waals surface area contributed by atoms with Crippen LogP contribution in [0.3, 0.4) is 0 Å². The minimum atomic E-state index is -3.75. The van der Waals surface area contributed by atoms with Gasteiger partial charge < -0.3 is 9.84 Å². The van der Waals surface area contributed by atoms with Crippen LogP contribution < -0.4 is 0 Å². The zero-order valence-corrected chi connectivity index (χ0v) is 27.0. The van der Waals surface area contributed by atoms with Gasteiger partial charge in [-0.15, -0.1) is 0 Å². The van der Waals surface area contributed by atoms with Crippen molar-refractivity contribution < 1.29 is 28.0 Å². The molecule has 0 spiro atoms. The predicted molar refractivity (Wildman–Crippen MR) is 158 cm³/mol. The standard InChI is InChI=1S/C33H53O6P/c1-22-10-11-23(21-36-22)26-16-19-33(34)28-13-12-24-20-25(14-17-31(24,8)27(28)15-18-32(26,33)9)37-40(35,38-29(2,3)4)39-30(5,6)7/h10-11,21,24-28,34H,1,12-20H2,2-9H3/t24-,25+,26-,27+,28-,31+,32-,33+/m1/s1. The summed E-state index contributed by atoms with van der Waals surface area (Å²) in [4.78, 5) is 0. The molecule has 40 heavy (non-hydrogen) atoms. The third-order valence-electron chi connectivity index (χ3n) is 11.1. The number of phosphoric ester groups is 1. The van der Waals surface area contributed by atoms with Crippen LogP contribution in [-0.4, -0.2) is 28.0 Å². The SMILES string of the molecule is C=C1C=CC([C@H]2CC[C@]3(O)[C@@H]4CC[C@@H]5C[C@@H](OP(=O)(OC(C)(C)C)OC(C)(C)C)CC[C@]5(C)[C@H]4CC[C@]23C)=CO1. The van der Waals surface area contributed by atoms with E-state index in [1.165, 1.54) is 5.57 Å². The second-order valence-corrected chi connectivity index (χ2v) is 17.3. The van der Waals surface area contributed by atoms with Crippen LogP contribution in [0.5, 0.6) is 0 Å². The zero-order chi connectivity index (χ0) is 29.4. The molecule has 4 fully saturated rings. The third-order valence-corrected chi connectivity index (χ3v) is 13.2. The van der Waals surface area contributed by atoms with Crippen molar-refractivity contribution in [3.05, 3.63) is 36.3 Å². The van der Waals surface area contributed by atoms with Crippen molar-refractivity contribution in [1.29, 1.82) is 0 Å². The van der Waals surface area contributed by atoms with Gasteiger partial charge in [0.05, 0.1) is 29.2 Å². The van der Waals surface area contributed by atoms with Gasteiger partial charge in [0.25, 0.3) is 0 Å². The number of allylic oxidation sites excluding steroid dienone is 3. The van der Waals surface area contributed by atoms with Gasteiger partial charge in [-0.05, 0) is 140 Å². The summed E-state index contributed by atoms with van der Waals surface area (Å²) in [5.41, 5.74) is -0.771. The quantitative estimate of drug-likeness (QED) is 0.330. The molecule has 5 aliphatic rings. The maximum Gasteiger partial charge on any atom is 0.476 e. The van der Waals surface area contributed by atoms with Crippen LogP contribution in [0.1, 0.15) is 113 Å². The van der Waals surface area contributed by atoms with Crippen LogP contribution in [0, 0.1) is 34.5 Å². The van der Waals surface area contributed by atoms with Crippen LogP contribution in [0.2, 0.25) is 0 Å². The number of phosphoric acid groups is 1. The molecule has 0 aromatic carbocycles.